The summed E-state index contributed by atoms with van der Waals surface area (Å²) in [4.78, 5) is 2.16. The van der Waals surface area contributed by atoms with E-state index >= 15 is 0 Å². The van der Waals surface area contributed by atoms with Crippen LogP contribution in [0, 0.1) is 13.8 Å². The largest absolute Gasteiger partial charge is 0.324 e. The van der Waals surface area contributed by atoms with Gasteiger partial charge in [0.2, 0.25) is 5.92 Å². The Morgan fingerprint density at radius 1 is 1.50 bits per heavy atom. The molecule has 14 heavy (non-hydrogen) atoms. The van der Waals surface area contributed by atoms with Gasteiger partial charge in [0, 0.05) is 22.2 Å². The Kier molecular flexibility index (Phi) is 3.27. The molecule has 0 aliphatic heterocycles. The minimum absolute atomic E-state index is 0.288. The van der Waals surface area contributed by atoms with Gasteiger partial charge in [0.1, 0.15) is 0 Å². The number of rotatable bonds is 3. The van der Waals surface area contributed by atoms with Gasteiger partial charge in [-0.3, -0.25) is 0 Å². The van der Waals surface area contributed by atoms with E-state index in [1.807, 2.05) is 19.9 Å². The number of hydrogen-bond acceptors (Lipinski definition) is 2. The highest BCUT2D eigenvalue weighted by atomic mass is 32.1. The number of thiophene rings is 1. The predicted octanol–water partition coefficient (Wildman–Crippen LogP) is 3.41. The summed E-state index contributed by atoms with van der Waals surface area (Å²) in [6, 6.07) is 1.34. The van der Waals surface area contributed by atoms with Gasteiger partial charge in [0.05, 0.1) is 0 Å². The quantitative estimate of drug-likeness (QED) is 0.828. The summed E-state index contributed by atoms with van der Waals surface area (Å²) in [5.41, 5.74) is 6.58. The number of hydrogen-bond donors (Lipinski definition) is 1. The van der Waals surface area contributed by atoms with Crippen LogP contribution >= 0.6 is 11.3 Å². The molecule has 0 saturated carbocycles. The molecule has 0 radical (unpaired) electrons. The monoisotopic (exact) mass is 219 g/mol. The van der Waals surface area contributed by atoms with Gasteiger partial charge in [-0.2, -0.15) is 0 Å². The Labute approximate surface area is 86.9 Å². The molecule has 80 valence electrons. The van der Waals surface area contributed by atoms with Crippen LogP contribution in [0.15, 0.2) is 6.07 Å². The van der Waals surface area contributed by atoms with Gasteiger partial charge < -0.3 is 5.73 Å². The first-order valence-corrected chi connectivity index (χ1v) is 5.31. The SMILES string of the molecule is Cc1cc(C(N)CC(C)(F)F)c(C)s1. The van der Waals surface area contributed by atoms with Crippen molar-refractivity contribution in [3.63, 3.8) is 0 Å². The fraction of sp³-hybridized carbons (Fsp3) is 0.600. The van der Waals surface area contributed by atoms with E-state index in [2.05, 4.69) is 0 Å². The van der Waals surface area contributed by atoms with Gasteiger partial charge in [-0.25, -0.2) is 8.78 Å². The highest BCUT2D eigenvalue weighted by molar-refractivity contribution is 7.12. The summed E-state index contributed by atoms with van der Waals surface area (Å²) < 4.78 is 25.4. The topological polar surface area (TPSA) is 26.0 Å². The Bertz CT molecular complexity index is 314. The molecule has 0 fully saturated rings. The molecule has 0 aliphatic rings. The third kappa shape index (κ3) is 3.03. The Hall–Kier alpha value is -0.480. The summed E-state index contributed by atoms with van der Waals surface area (Å²) in [5, 5.41) is 0. The molecule has 0 bridgehead atoms. The van der Waals surface area contributed by atoms with E-state index in [-0.39, 0.29) is 6.42 Å². The molecule has 0 saturated heterocycles. The number of nitrogens with two attached hydrogens (primary N) is 1. The van der Waals surface area contributed by atoms with E-state index in [4.69, 9.17) is 5.73 Å². The second kappa shape index (κ2) is 3.95. The summed E-state index contributed by atoms with van der Waals surface area (Å²) >= 11 is 1.60. The number of alkyl halides is 2. The van der Waals surface area contributed by atoms with E-state index in [9.17, 15) is 8.78 Å². The molecule has 0 aromatic carbocycles. The molecule has 1 atom stereocenters. The summed E-state index contributed by atoms with van der Waals surface area (Å²) in [5.74, 6) is -2.69. The molecule has 0 amide bonds. The minimum atomic E-state index is -2.69. The van der Waals surface area contributed by atoms with Crippen molar-refractivity contribution in [2.45, 2.75) is 39.2 Å². The number of halogens is 2. The molecule has 4 heteroatoms. The van der Waals surface area contributed by atoms with Crippen LogP contribution in [0.4, 0.5) is 8.78 Å². The van der Waals surface area contributed by atoms with E-state index in [0.29, 0.717) is 0 Å². The van der Waals surface area contributed by atoms with Crippen LogP contribution in [-0.2, 0) is 0 Å². The van der Waals surface area contributed by atoms with E-state index in [1.54, 1.807) is 11.3 Å². The van der Waals surface area contributed by atoms with Crippen molar-refractivity contribution in [1.82, 2.24) is 0 Å². The Morgan fingerprint density at radius 3 is 2.43 bits per heavy atom. The van der Waals surface area contributed by atoms with Crippen molar-refractivity contribution in [2.24, 2.45) is 5.73 Å². The van der Waals surface area contributed by atoms with Gasteiger partial charge in [-0.05, 0) is 32.4 Å². The molecule has 1 aromatic heterocycles. The first-order valence-electron chi connectivity index (χ1n) is 4.50. The van der Waals surface area contributed by atoms with Gasteiger partial charge in [-0.1, -0.05) is 0 Å². The lowest BCUT2D eigenvalue weighted by atomic mass is 10.0. The fourth-order valence-electron chi connectivity index (χ4n) is 1.51. The van der Waals surface area contributed by atoms with Crippen molar-refractivity contribution in [1.29, 1.82) is 0 Å². The second-order valence-electron chi connectivity index (χ2n) is 3.75. The number of aryl methyl sites for hydroxylation is 2. The van der Waals surface area contributed by atoms with E-state index in [1.165, 1.54) is 0 Å². The predicted molar refractivity (Wildman–Crippen MR) is 56.0 cm³/mol. The van der Waals surface area contributed by atoms with Crippen LogP contribution in [0.1, 0.15) is 34.7 Å². The fourth-order valence-corrected chi connectivity index (χ4v) is 2.51. The van der Waals surface area contributed by atoms with Crippen molar-refractivity contribution >= 4 is 11.3 Å². The lowest BCUT2D eigenvalue weighted by molar-refractivity contribution is 0.00615. The molecular weight excluding hydrogens is 204 g/mol. The van der Waals surface area contributed by atoms with Crippen LogP contribution in [-0.4, -0.2) is 5.92 Å². The molecule has 1 rings (SSSR count). The Balaban J connectivity index is 2.79. The van der Waals surface area contributed by atoms with Crippen molar-refractivity contribution in [3.05, 3.63) is 21.4 Å². The molecule has 1 aromatic rings. The summed E-state index contributed by atoms with van der Waals surface area (Å²) in [6.07, 6.45) is -0.288. The molecule has 0 aliphatic carbocycles. The van der Waals surface area contributed by atoms with E-state index < -0.39 is 12.0 Å². The van der Waals surface area contributed by atoms with Crippen LogP contribution in [0.2, 0.25) is 0 Å². The molecule has 1 unspecified atom stereocenters. The van der Waals surface area contributed by atoms with Gasteiger partial charge in [0.25, 0.3) is 0 Å². The third-order valence-electron chi connectivity index (χ3n) is 2.06. The van der Waals surface area contributed by atoms with Crippen LogP contribution < -0.4 is 5.73 Å². The summed E-state index contributed by atoms with van der Waals surface area (Å²) in [7, 11) is 0. The van der Waals surface area contributed by atoms with Gasteiger partial charge in [0.15, 0.2) is 0 Å². The van der Waals surface area contributed by atoms with Crippen molar-refractivity contribution in [3.8, 4) is 0 Å². The lowest BCUT2D eigenvalue weighted by Gasteiger charge is -2.16. The molecular formula is C10H15F2NS. The maximum absolute atomic E-state index is 12.7. The molecule has 0 spiro atoms. The minimum Gasteiger partial charge on any atom is -0.324 e. The third-order valence-corrected chi connectivity index (χ3v) is 3.04. The van der Waals surface area contributed by atoms with Gasteiger partial charge in [-0.15, -0.1) is 11.3 Å². The maximum atomic E-state index is 12.7. The zero-order valence-electron chi connectivity index (χ0n) is 8.60. The van der Waals surface area contributed by atoms with Crippen LogP contribution in [0.3, 0.4) is 0 Å². The van der Waals surface area contributed by atoms with E-state index in [0.717, 1.165) is 22.2 Å². The normalized spacial score (nSPS) is 14.4. The zero-order valence-corrected chi connectivity index (χ0v) is 9.42. The highest BCUT2D eigenvalue weighted by Gasteiger charge is 2.26. The highest BCUT2D eigenvalue weighted by Crippen LogP contribution is 2.31. The van der Waals surface area contributed by atoms with Crippen LogP contribution in [0.5, 0.6) is 0 Å². The standard InChI is InChI=1S/C10H15F2NS/c1-6-4-8(7(2)14-6)9(13)5-10(3,11)12/h4,9H,5,13H2,1-3H3. The average Bonchev–Trinajstić information content (AvgIpc) is 2.26. The molecule has 2 N–H and O–H groups in total. The second-order valence-corrected chi connectivity index (χ2v) is 5.21. The summed E-state index contributed by atoms with van der Waals surface area (Å²) in [6.45, 7) is 4.78. The lowest BCUT2D eigenvalue weighted by Crippen LogP contribution is -2.21. The van der Waals surface area contributed by atoms with Crippen molar-refractivity contribution in [2.75, 3.05) is 0 Å². The molecule has 1 nitrogen and oxygen atoms in total. The van der Waals surface area contributed by atoms with Crippen LogP contribution in [0.25, 0.3) is 0 Å². The Morgan fingerprint density at radius 2 is 2.07 bits per heavy atom. The van der Waals surface area contributed by atoms with Gasteiger partial charge >= 0.3 is 0 Å². The maximum Gasteiger partial charge on any atom is 0.247 e. The van der Waals surface area contributed by atoms with Crippen molar-refractivity contribution < 1.29 is 8.78 Å². The first-order chi connectivity index (χ1) is 6.29. The average molecular weight is 219 g/mol. The zero-order chi connectivity index (χ0) is 10.9. The molecule has 1 heterocycles. The first kappa shape index (κ1) is 11.6. The smallest absolute Gasteiger partial charge is 0.247 e.